The molecule has 0 saturated carbocycles. The highest BCUT2D eigenvalue weighted by molar-refractivity contribution is 9.10. The molecule has 0 saturated heterocycles. The normalized spacial score (nSPS) is 11.3. The molecule has 5 nitrogen and oxygen atoms in total. The maximum atomic E-state index is 12.3. The van der Waals surface area contributed by atoms with E-state index >= 15 is 0 Å². The van der Waals surface area contributed by atoms with Gasteiger partial charge in [0.1, 0.15) is 11.5 Å². The Balaban J connectivity index is 2.09. The molecular formula is C16H18BrNO4S. The van der Waals surface area contributed by atoms with Crippen molar-refractivity contribution in [2.24, 2.45) is 0 Å². The largest absolute Gasteiger partial charge is 0.497 e. The van der Waals surface area contributed by atoms with Gasteiger partial charge < -0.3 is 9.47 Å². The van der Waals surface area contributed by atoms with E-state index in [1.165, 1.54) is 0 Å². The highest BCUT2D eigenvalue weighted by Crippen LogP contribution is 2.25. The fraction of sp³-hybridized carbons (Fsp3) is 0.250. The second-order valence-corrected chi connectivity index (χ2v) is 7.35. The fourth-order valence-corrected chi connectivity index (χ4v) is 4.17. The monoisotopic (exact) mass is 399 g/mol. The third kappa shape index (κ3) is 4.46. The molecular weight excluding hydrogens is 382 g/mol. The summed E-state index contributed by atoms with van der Waals surface area (Å²) in [6, 6.07) is 12.1. The lowest BCUT2D eigenvalue weighted by atomic mass is 10.1. The Morgan fingerprint density at radius 2 is 1.83 bits per heavy atom. The number of nitrogens with one attached hydrogen (secondary N) is 1. The van der Waals surface area contributed by atoms with Crippen molar-refractivity contribution < 1.29 is 17.9 Å². The SMILES string of the molecule is COc1ccc(OC)c(CCNS(=O)(=O)c2ccccc2Br)c1. The number of benzene rings is 2. The Morgan fingerprint density at radius 3 is 2.48 bits per heavy atom. The molecule has 7 heteroatoms. The van der Waals surface area contributed by atoms with Crippen LogP contribution in [0.5, 0.6) is 11.5 Å². The van der Waals surface area contributed by atoms with Crippen molar-refractivity contribution >= 4 is 26.0 Å². The topological polar surface area (TPSA) is 64.6 Å². The molecule has 0 fully saturated rings. The minimum atomic E-state index is -3.57. The lowest BCUT2D eigenvalue weighted by molar-refractivity contribution is 0.398. The van der Waals surface area contributed by atoms with Crippen LogP contribution < -0.4 is 14.2 Å². The van der Waals surface area contributed by atoms with Gasteiger partial charge in [-0.3, -0.25) is 0 Å². The summed E-state index contributed by atoms with van der Waals surface area (Å²) in [5.41, 5.74) is 0.877. The maximum Gasteiger partial charge on any atom is 0.241 e. The van der Waals surface area contributed by atoms with E-state index in [9.17, 15) is 8.42 Å². The first-order chi connectivity index (χ1) is 11.0. The van der Waals surface area contributed by atoms with Crippen molar-refractivity contribution in [1.29, 1.82) is 0 Å². The van der Waals surface area contributed by atoms with Gasteiger partial charge >= 0.3 is 0 Å². The van der Waals surface area contributed by atoms with E-state index in [4.69, 9.17) is 9.47 Å². The number of rotatable bonds is 7. The van der Waals surface area contributed by atoms with Crippen LogP contribution in [0.15, 0.2) is 51.8 Å². The lowest BCUT2D eigenvalue weighted by Gasteiger charge is -2.12. The van der Waals surface area contributed by atoms with Gasteiger partial charge in [0.05, 0.1) is 19.1 Å². The van der Waals surface area contributed by atoms with Gasteiger partial charge in [-0.25, -0.2) is 13.1 Å². The Labute approximate surface area is 144 Å². The second kappa shape index (κ2) is 7.81. The van der Waals surface area contributed by atoms with Gasteiger partial charge in [0.15, 0.2) is 0 Å². The molecule has 124 valence electrons. The predicted octanol–water partition coefficient (Wildman–Crippen LogP) is 2.99. The summed E-state index contributed by atoms with van der Waals surface area (Å²) in [5.74, 6) is 1.40. The number of hydrogen-bond acceptors (Lipinski definition) is 4. The Morgan fingerprint density at radius 1 is 1.09 bits per heavy atom. The fourth-order valence-electron chi connectivity index (χ4n) is 2.14. The zero-order valence-corrected chi connectivity index (χ0v) is 15.3. The summed E-state index contributed by atoms with van der Waals surface area (Å²) >= 11 is 3.25. The molecule has 23 heavy (non-hydrogen) atoms. The first kappa shape index (κ1) is 17.8. The van der Waals surface area contributed by atoms with Crippen LogP contribution in [0.4, 0.5) is 0 Å². The third-order valence-electron chi connectivity index (χ3n) is 3.30. The number of sulfonamides is 1. The molecule has 2 aromatic carbocycles. The average Bonchev–Trinajstić information content (AvgIpc) is 2.54. The van der Waals surface area contributed by atoms with Gasteiger partial charge in [-0.2, -0.15) is 0 Å². The van der Waals surface area contributed by atoms with Gasteiger partial charge in [-0.05, 0) is 58.2 Å². The van der Waals surface area contributed by atoms with Crippen LogP contribution in [0.3, 0.4) is 0 Å². The number of halogens is 1. The summed E-state index contributed by atoms with van der Waals surface area (Å²) in [7, 11) is -0.401. The molecule has 0 aliphatic heterocycles. The summed E-state index contributed by atoms with van der Waals surface area (Å²) in [5, 5.41) is 0. The van der Waals surface area contributed by atoms with Crippen LogP contribution in [0, 0.1) is 0 Å². The number of hydrogen-bond donors (Lipinski definition) is 1. The molecule has 1 N–H and O–H groups in total. The summed E-state index contributed by atoms with van der Waals surface area (Å²) in [6.07, 6.45) is 0.490. The number of ether oxygens (including phenoxy) is 2. The van der Waals surface area contributed by atoms with Crippen molar-refractivity contribution in [3.05, 3.63) is 52.5 Å². The van der Waals surface area contributed by atoms with Crippen LogP contribution in [0.25, 0.3) is 0 Å². The Kier molecular flexibility index (Phi) is 6.04. The number of methoxy groups -OCH3 is 2. The molecule has 0 aromatic heterocycles. The second-order valence-electron chi connectivity index (χ2n) is 4.76. The summed E-state index contributed by atoms with van der Waals surface area (Å²) in [6.45, 7) is 0.257. The molecule has 0 aliphatic rings. The van der Waals surface area contributed by atoms with E-state index < -0.39 is 10.0 Å². The van der Waals surface area contributed by atoms with Crippen molar-refractivity contribution in [3.8, 4) is 11.5 Å². The molecule has 2 aromatic rings. The first-order valence-electron chi connectivity index (χ1n) is 6.93. The van der Waals surface area contributed by atoms with E-state index in [0.717, 1.165) is 5.56 Å². The lowest BCUT2D eigenvalue weighted by Crippen LogP contribution is -2.26. The predicted molar refractivity (Wildman–Crippen MR) is 92.6 cm³/mol. The van der Waals surface area contributed by atoms with Crippen molar-refractivity contribution in [3.63, 3.8) is 0 Å². The first-order valence-corrected chi connectivity index (χ1v) is 9.20. The van der Waals surface area contributed by atoms with Crippen LogP contribution in [0.2, 0.25) is 0 Å². The van der Waals surface area contributed by atoms with E-state index in [1.54, 1.807) is 50.6 Å². The van der Waals surface area contributed by atoms with Gasteiger partial charge in [-0.1, -0.05) is 12.1 Å². The Hall–Kier alpha value is -1.57. The van der Waals surface area contributed by atoms with Crippen molar-refractivity contribution in [2.75, 3.05) is 20.8 Å². The minimum Gasteiger partial charge on any atom is -0.497 e. The van der Waals surface area contributed by atoms with E-state index in [0.29, 0.717) is 22.4 Å². The molecule has 0 spiro atoms. The van der Waals surface area contributed by atoms with Crippen molar-refractivity contribution in [1.82, 2.24) is 4.72 Å². The molecule has 0 bridgehead atoms. The smallest absolute Gasteiger partial charge is 0.241 e. The summed E-state index contributed by atoms with van der Waals surface area (Å²) < 4.78 is 38.3. The quantitative estimate of drug-likeness (QED) is 0.776. The van der Waals surface area contributed by atoms with Crippen LogP contribution in [-0.2, 0) is 16.4 Å². The highest BCUT2D eigenvalue weighted by Gasteiger charge is 2.16. The molecule has 0 atom stereocenters. The van der Waals surface area contributed by atoms with Gasteiger partial charge in [0.2, 0.25) is 10.0 Å². The third-order valence-corrected chi connectivity index (χ3v) is 5.77. The molecule has 0 heterocycles. The van der Waals surface area contributed by atoms with Crippen LogP contribution in [0.1, 0.15) is 5.56 Å². The van der Waals surface area contributed by atoms with Crippen molar-refractivity contribution in [2.45, 2.75) is 11.3 Å². The minimum absolute atomic E-state index is 0.220. The highest BCUT2D eigenvalue weighted by atomic mass is 79.9. The van der Waals surface area contributed by atoms with Gasteiger partial charge in [0.25, 0.3) is 0 Å². The average molecular weight is 400 g/mol. The van der Waals surface area contributed by atoms with Crippen LogP contribution in [-0.4, -0.2) is 29.2 Å². The molecule has 0 unspecified atom stereocenters. The molecule has 0 aliphatic carbocycles. The molecule has 2 rings (SSSR count). The van der Waals surface area contributed by atoms with Gasteiger partial charge in [-0.15, -0.1) is 0 Å². The van der Waals surface area contributed by atoms with E-state index in [-0.39, 0.29) is 11.4 Å². The zero-order chi connectivity index (χ0) is 16.9. The molecule has 0 radical (unpaired) electrons. The standard InChI is InChI=1S/C16H18BrNO4S/c1-21-13-7-8-15(22-2)12(11-13)9-10-18-23(19,20)16-6-4-3-5-14(16)17/h3-8,11,18H,9-10H2,1-2H3. The molecule has 0 amide bonds. The zero-order valence-electron chi connectivity index (χ0n) is 12.9. The maximum absolute atomic E-state index is 12.3. The van der Waals surface area contributed by atoms with E-state index in [1.807, 2.05) is 6.07 Å². The Bertz CT molecular complexity index is 777. The van der Waals surface area contributed by atoms with Gasteiger partial charge in [0, 0.05) is 11.0 Å². The van der Waals surface area contributed by atoms with E-state index in [2.05, 4.69) is 20.7 Å². The summed E-state index contributed by atoms with van der Waals surface area (Å²) in [4.78, 5) is 0.220. The van der Waals surface area contributed by atoms with Crippen LogP contribution >= 0.6 is 15.9 Å².